The lowest BCUT2D eigenvalue weighted by Crippen LogP contribution is -2.36. The van der Waals surface area contributed by atoms with E-state index in [1.165, 1.54) is 0 Å². The summed E-state index contributed by atoms with van der Waals surface area (Å²) in [6.45, 7) is 3.75. The largest absolute Gasteiger partial charge is 0.383 e. The number of nitriles is 1. The third-order valence-electron chi connectivity index (χ3n) is 2.44. The predicted octanol–water partition coefficient (Wildman–Crippen LogP) is 0.455. The van der Waals surface area contributed by atoms with Crippen molar-refractivity contribution in [1.82, 2.24) is 10.2 Å². The molecule has 4 nitrogen and oxygen atoms in total. The van der Waals surface area contributed by atoms with Crippen molar-refractivity contribution < 1.29 is 4.74 Å². The normalized spacial score (nSPS) is 15.1. The second-order valence-corrected chi connectivity index (χ2v) is 3.54. The summed E-state index contributed by atoms with van der Waals surface area (Å²) in [5.74, 6) is 0. The molecule has 0 bridgehead atoms. The van der Waals surface area contributed by atoms with E-state index in [2.05, 4.69) is 23.2 Å². The molecule has 2 atom stereocenters. The highest BCUT2D eigenvalue weighted by Gasteiger charge is 2.11. The molecule has 0 radical (unpaired) electrons. The quantitative estimate of drug-likeness (QED) is 0.647. The Labute approximate surface area is 86.8 Å². The van der Waals surface area contributed by atoms with Gasteiger partial charge in [0.1, 0.15) is 0 Å². The van der Waals surface area contributed by atoms with E-state index < -0.39 is 0 Å². The molecule has 0 saturated carbocycles. The number of nitrogens with zero attached hydrogens (tertiary/aromatic N) is 2. The van der Waals surface area contributed by atoms with Gasteiger partial charge in [-0.3, -0.25) is 0 Å². The van der Waals surface area contributed by atoms with Crippen LogP contribution in [0.2, 0.25) is 0 Å². The lowest BCUT2D eigenvalue weighted by Gasteiger charge is -2.24. The average Bonchev–Trinajstić information content (AvgIpc) is 2.19. The third kappa shape index (κ3) is 5.18. The van der Waals surface area contributed by atoms with Crippen molar-refractivity contribution in [1.29, 1.82) is 5.26 Å². The fraction of sp³-hybridized carbons (Fsp3) is 0.900. The van der Waals surface area contributed by atoms with E-state index in [9.17, 15) is 0 Å². The summed E-state index contributed by atoms with van der Waals surface area (Å²) in [6, 6.07) is 2.56. The molecule has 0 aliphatic carbocycles. The summed E-state index contributed by atoms with van der Waals surface area (Å²) in [6.07, 6.45) is 0.845. The van der Waals surface area contributed by atoms with Crippen molar-refractivity contribution in [3.05, 3.63) is 0 Å². The molecule has 0 heterocycles. The molecule has 82 valence electrons. The molecule has 0 aliphatic rings. The van der Waals surface area contributed by atoms with E-state index >= 15 is 0 Å². The van der Waals surface area contributed by atoms with E-state index in [1.54, 1.807) is 7.11 Å². The smallest absolute Gasteiger partial charge is 0.0962 e. The van der Waals surface area contributed by atoms with Crippen LogP contribution in [0.1, 0.15) is 13.3 Å². The molecule has 0 saturated heterocycles. The highest BCUT2D eigenvalue weighted by molar-refractivity contribution is 4.89. The third-order valence-corrected chi connectivity index (χ3v) is 2.44. The molecule has 0 aromatic heterocycles. The van der Waals surface area contributed by atoms with Crippen molar-refractivity contribution in [3.8, 4) is 6.07 Å². The summed E-state index contributed by atoms with van der Waals surface area (Å²) in [5.41, 5.74) is 0. The van der Waals surface area contributed by atoms with Gasteiger partial charge in [-0.25, -0.2) is 0 Å². The number of hydrogen-bond acceptors (Lipinski definition) is 4. The van der Waals surface area contributed by atoms with Crippen LogP contribution in [-0.4, -0.2) is 51.3 Å². The van der Waals surface area contributed by atoms with Gasteiger partial charge < -0.3 is 15.0 Å². The zero-order chi connectivity index (χ0) is 11.0. The lowest BCUT2D eigenvalue weighted by atomic mass is 10.2. The number of hydrogen-bond donors (Lipinski definition) is 1. The summed E-state index contributed by atoms with van der Waals surface area (Å²) in [7, 11) is 5.57. The fourth-order valence-corrected chi connectivity index (χ4v) is 1.20. The maximum atomic E-state index is 8.73. The Hall–Kier alpha value is -0.630. The number of methoxy groups -OCH3 is 1. The van der Waals surface area contributed by atoms with E-state index in [0.717, 1.165) is 19.6 Å². The standard InChI is InChI=1S/C10H21N3O/c1-9(8-14-4)13(3)6-5-10(7-11)12-2/h9-10,12H,5-6,8H2,1-4H3. The molecule has 0 spiro atoms. The second-order valence-electron chi connectivity index (χ2n) is 3.54. The van der Waals surface area contributed by atoms with Gasteiger partial charge in [0.25, 0.3) is 0 Å². The topological polar surface area (TPSA) is 48.3 Å². The Kier molecular flexibility index (Phi) is 7.40. The molecule has 0 amide bonds. The molecule has 14 heavy (non-hydrogen) atoms. The van der Waals surface area contributed by atoms with Crippen LogP contribution in [0.25, 0.3) is 0 Å². The monoisotopic (exact) mass is 199 g/mol. The van der Waals surface area contributed by atoms with Crippen LogP contribution in [0.15, 0.2) is 0 Å². The Morgan fingerprint density at radius 3 is 2.64 bits per heavy atom. The first-order valence-corrected chi connectivity index (χ1v) is 4.91. The highest BCUT2D eigenvalue weighted by Crippen LogP contribution is 1.99. The molecule has 4 heteroatoms. The van der Waals surface area contributed by atoms with Crippen LogP contribution < -0.4 is 5.32 Å². The first-order valence-electron chi connectivity index (χ1n) is 4.91. The summed E-state index contributed by atoms with van der Waals surface area (Å²) in [4.78, 5) is 2.20. The van der Waals surface area contributed by atoms with E-state index in [0.29, 0.717) is 6.04 Å². The highest BCUT2D eigenvalue weighted by atomic mass is 16.5. The first kappa shape index (κ1) is 13.4. The molecular formula is C10H21N3O. The van der Waals surface area contributed by atoms with Crippen LogP contribution in [-0.2, 0) is 4.74 Å². The predicted molar refractivity (Wildman–Crippen MR) is 57.0 cm³/mol. The van der Waals surface area contributed by atoms with Crippen LogP contribution in [0.3, 0.4) is 0 Å². The van der Waals surface area contributed by atoms with Gasteiger partial charge in [-0.05, 0) is 27.4 Å². The van der Waals surface area contributed by atoms with Crippen molar-refractivity contribution in [3.63, 3.8) is 0 Å². The first-order chi connectivity index (χ1) is 6.65. The van der Waals surface area contributed by atoms with Crippen molar-refractivity contribution in [2.24, 2.45) is 0 Å². The van der Waals surface area contributed by atoms with Gasteiger partial charge in [-0.2, -0.15) is 5.26 Å². The number of ether oxygens (including phenoxy) is 1. The zero-order valence-corrected chi connectivity index (χ0v) is 9.58. The van der Waals surface area contributed by atoms with Crippen molar-refractivity contribution >= 4 is 0 Å². The Bertz CT molecular complexity index is 179. The number of rotatable bonds is 7. The summed E-state index contributed by atoms with van der Waals surface area (Å²) >= 11 is 0. The van der Waals surface area contributed by atoms with Crippen LogP contribution in [0.5, 0.6) is 0 Å². The number of nitrogens with one attached hydrogen (secondary N) is 1. The fourth-order valence-electron chi connectivity index (χ4n) is 1.20. The van der Waals surface area contributed by atoms with Crippen LogP contribution >= 0.6 is 0 Å². The summed E-state index contributed by atoms with van der Waals surface area (Å²) in [5, 5.41) is 11.7. The zero-order valence-electron chi connectivity index (χ0n) is 9.58. The SMILES string of the molecule is CNC(C#N)CCN(C)C(C)COC. The van der Waals surface area contributed by atoms with E-state index in [-0.39, 0.29) is 6.04 Å². The molecule has 0 aromatic carbocycles. The molecule has 2 unspecified atom stereocenters. The van der Waals surface area contributed by atoms with Crippen LogP contribution in [0, 0.1) is 11.3 Å². The van der Waals surface area contributed by atoms with Gasteiger partial charge in [0, 0.05) is 19.7 Å². The minimum absolute atomic E-state index is 0.0489. The molecule has 0 fully saturated rings. The number of likely N-dealkylation sites (N-methyl/N-ethyl adjacent to an activating group) is 1. The molecule has 0 rings (SSSR count). The maximum Gasteiger partial charge on any atom is 0.0962 e. The average molecular weight is 199 g/mol. The maximum absolute atomic E-state index is 8.73. The Morgan fingerprint density at radius 1 is 1.57 bits per heavy atom. The van der Waals surface area contributed by atoms with E-state index in [1.807, 2.05) is 14.1 Å². The molecule has 0 aromatic rings. The summed E-state index contributed by atoms with van der Waals surface area (Å²) < 4.78 is 5.06. The van der Waals surface area contributed by atoms with Crippen LogP contribution in [0.4, 0.5) is 0 Å². The van der Waals surface area contributed by atoms with Gasteiger partial charge in [0.05, 0.1) is 18.7 Å². The molecule has 1 N–H and O–H groups in total. The molecular weight excluding hydrogens is 178 g/mol. The lowest BCUT2D eigenvalue weighted by molar-refractivity contribution is 0.114. The van der Waals surface area contributed by atoms with Crippen molar-refractivity contribution in [2.75, 3.05) is 34.4 Å². The minimum Gasteiger partial charge on any atom is -0.383 e. The minimum atomic E-state index is -0.0489. The van der Waals surface area contributed by atoms with Gasteiger partial charge in [0.15, 0.2) is 0 Å². The molecule has 0 aliphatic heterocycles. The second kappa shape index (κ2) is 7.74. The Balaban J connectivity index is 3.72. The van der Waals surface area contributed by atoms with Gasteiger partial charge >= 0.3 is 0 Å². The van der Waals surface area contributed by atoms with Gasteiger partial charge in [0.2, 0.25) is 0 Å². The van der Waals surface area contributed by atoms with Crippen molar-refractivity contribution in [2.45, 2.75) is 25.4 Å². The Morgan fingerprint density at radius 2 is 2.21 bits per heavy atom. The van der Waals surface area contributed by atoms with Gasteiger partial charge in [-0.15, -0.1) is 0 Å². The van der Waals surface area contributed by atoms with Gasteiger partial charge in [-0.1, -0.05) is 0 Å². The van der Waals surface area contributed by atoms with E-state index in [4.69, 9.17) is 10.00 Å².